The second-order valence-electron chi connectivity index (χ2n) is 3.65. The van der Waals surface area contributed by atoms with E-state index >= 15 is 0 Å². The van der Waals surface area contributed by atoms with Gasteiger partial charge in [0.15, 0.2) is 11.5 Å². The molecule has 0 aliphatic rings. The number of halogens is 1. The van der Waals surface area contributed by atoms with Crippen LogP contribution in [0.1, 0.15) is 9.67 Å². The molecule has 2 aromatic rings. The van der Waals surface area contributed by atoms with E-state index in [9.17, 15) is 4.79 Å². The summed E-state index contributed by atoms with van der Waals surface area (Å²) < 4.78 is 10.3. The zero-order chi connectivity index (χ0) is 13.8. The number of thiophene rings is 1. The summed E-state index contributed by atoms with van der Waals surface area (Å²) >= 11 is 7.08. The fourth-order valence-electron chi connectivity index (χ4n) is 1.54. The highest BCUT2D eigenvalue weighted by molar-refractivity contribution is 7.12. The number of rotatable bonds is 4. The van der Waals surface area contributed by atoms with Crippen molar-refractivity contribution >= 4 is 34.5 Å². The van der Waals surface area contributed by atoms with Gasteiger partial charge in [-0.05, 0) is 18.2 Å². The predicted octanol–water partition coefficient (Wildman–Crippen LogP) is 3.67. The first-order valence-corrected chi connectivity index (χ1v) is 6.67. The van der Waals surface area contributed by atoms with Crippen LogP contribution in [-0.2, 0) is 0 Å². The monoisotopic (exact) mass is 297 g/mol. The summed E-state index contributed by atoms with van der Waals surface area (Å²) in [6, 6.07) is 6.80. The van der Waals surface area contributed by atoms with E-state index in [0.717, 1.165) is 0 Å². The van der Waals surface area contributed by atoms with Gasteiger partial charge in [-0.2, -0.15) is 0 Å². The average molecular weight is 298 g/mol. The van der Waals surface area contributed by atoms with Crippen LogP contribution >= 0.6 is 22.9 Å². The van der Waals surface area contributed by atoms with Crippen LogP contribution in [0.4, 0.5) is 5.69 Å². The summed E-state index contributed by atoms with van der Waals surface area (Å²) in [4.78, 5) is 12.5. The van der Waals surface area contributed by atoms with Crippen molar-refractivity contribution in [3.05, 3.63) is 39.5 Å². The molecular weight excluding hydrogens is 286 g/mol. The van der Waals surface area contributed by atoms with E-state index in [1.807, 2.05) is 0 Å². The fraction of sp³-hybridized carbons (Fsp3) is 0.154. The molecule has 0 fully saturated rings. The van der Waals surface area contributed by atoms with Crippen molar-refractivity contribution in [2.75, 3.05) is 19.5 Å². The van der Waals surface area contributed by atoms with Crippen LogP contribution in [-0.4, -0.2) is 20.1 Å². The second kappa shape index (κ2) is 5.95. The fourth-order valence-corrected chi connectivity index (χ4v) is 2.51. The maximum absolute atomic E-state index is 12.0. The Balaban J connectivity index is 2.17. The van der Waals surface area contributed by atoms with Gasteiger partial charge in [0.1, 0.15) is 0 Å². The van der Waals surface area contributed by atoms with Gasteiger partial charge in [0.2, 0.25) is 0 Å². The predicted molar refractivity (Wildman–Crippen MR) is 76.8 cm³/mol. The molecule has 6 heteroatoms. The molecule has 1 aromatic heterocycles. The van der Waals surface area contributed by atoms with Crippen molar-refractivity contribution in [2.45, 2.75) is 0 Å². The summed E-state index contributed by atoms with van der Waals surface area (Å²) in [6.45, 7) is 0. The van der Waals surface area contributed by atoms with E-state index in [0.29, 0.717) is 27.1 Å². The van der Waals surface area contributed by atoms with Crippen molar-refractivity contribution in [1.29, 1.82) is 0 Å². The minimum Gasteiger partial charge on any atom is -0.493 e. The van der Waals surface area contributed by atoms with Gasteiger partial charge in [-0.1, -0.05) is 11.6 Å². The van der Waals surface area contributed by atoms with E-state index in [1.165, 1.54) is 11.3 Å². The molecule has 19 heavy (non-hydrogen) atoms. The Morgan fingerprint density at radius 1 is 1.21 bits per heavy atom. The second-order valence-corrected chi connectivity index (χ2v) is 5.00. The number of anilines is 1. The molecule has 100 valence electrons. The summed E-state index contributed by atoms with van der Waals surface area (Å²) in [7, 11) is 3.10. The smallest absolute Gasteiger partial charge is 0.265 e. The lowest BCUT2D eigenvalue weighted by molar-refractivity contribution is 0.103. The van der Waals surface area contributed by atoms with E-state index in [4.69, 9.17) is 21.1 Å². The average Bonchev–Trinajstić information content (AvgIpc) is 2.85. The molecule has 0 spiro atoms. The molecule has 1 heterocycles. The number of methoxy groups -OCH3 is 2. The molecule has 0 aliphatic carbocycles. The standard InChI is InChI=1S/C13H12ClNO3S/c1-17-10-4-3-9(6-11(10)18-2)15-13(16)12-5-8(14)7-19-12/h3-7H,1-2H3,(H,15,16). The highest BCUT2D eigenvalue weighted by Crippen LogP contribution is 2.30. The van der Waals surface area contributed by atoms with Gasteiger partial charge in [-0.15, -0.1) is 11.3 Å². The number of carbonyl (C=O) groups excluding carboxylic acids is 1. The topological polar surface area (TPSA) is 47.6 Å². The number of hydrogen-bond donors (Lipinski definition) is 1. The van der Waals surface area contributed by atoms with Crippen molar-refractivity contribution in [3.63, 3.8) is 0 Å². The highest BCUT2D eigenvalue weighted by Gasteiger charge is 2.11. The first-order valence-electron chi connectivity index (χ1n) is 5.41. The zero-order valence-corrected chi connectivity index (χ0v) is 12.0. The Labute approximate surface area is 119 Å². The molecule has 0 radical (unpaired) electrons. The Morgan fingerprint density at radius 3 is 2.53 bits per heavy atom. The molecule has 1 amide bonds. The molecular formula is C13H12ClNO3S. The van der Waals surface area contributed by atoms with Gasteiger partial charge < -0.3 is 14.8 Å². The lowest BCUT2D eigenvalue weighted by Crippen LogP contribution is -2.10. The number of amides is 1. The summed E-state index contributed by atoms with van der Waals surface area (Å²) in [6.07, 6.45) is 0. The number of carbonyl (C=O) groups is 1. The molecule has 0 bridgehead atoms. The highest BCUT2D eigenvalue weighted by atomic mass is 35.5. The molecule has 0 saturated heterocycles. The Morgan fingerprint density at radius 2 is 1.95 bits per heavy atom. The van der Waals surface area contributed by atoms with Crippen LogP contribution < -0.4 is 14.8 Å². The van der Waals surface area contributed by atoms with Crippen LogP contribution in [0.5, 0.6) is 11.5 Å². The number of benzene rings is 1. The third-order valence-corrected chi connectivity index (χ3v) is 3.71. The van der Waals surface area contributed by atoms with Crippen molar-refractivity contribution in [1.82, 2.24) is 0 Å². The van der Waals surface area contributed by atoms with E-state index in [-0.39, 0.29) is 5.91 Å². The zero-order valence-electron chi connectivity index (χ0n) is 10.4. The summed E-state index contributed by atoms with van der Waals surface area (Å²) in [5.74, 6) is 0.966. The third kappa shape index (κ3) is 3.19. The van der Waals surface area contributed by atoms with E-state index < -0.39 is 0 Å². The van der Waals surface area contributed by atoms with E-state index in [2.05, 4.69) is 5.32 Å². The largest absolute Gasteiger partial charge is 0.493 e. The third-order valence-electron chi connectivity index (χ3n) is 2.43. The number of hydrogen-bond acceptors (Lipinski definition) is 4. The molecule has 0 aliphatic heterocycles. The molecule has 2 rings (SSSR count). The van der Waals surface area contributed by atoms with Crippen molar-refractivity contribution in [2.24, 2.45) is 0 Å². The minimum atomic E-state index is -0.205. The number of ether oxygens (including phenoxy) is 2. The molecule has 4 nitrogen and oxygen atoms in total. The van der Waals surface area contributed by atoms with Crippen LogP contribution in [0.25, 0.3) is 0 Å². The summed E-state index contributed by atoms with van der Waals surface area (Å²) in [5, 5.41) is 5.05. The first-order chi connectivity index (χ1) is 9.13. The Hall–Kier alpha value is -1.72. The SMILES string of the molecule is COc1ccc(NC(=O)c2cc(Cl)cs2)cc1OC. The molecule has 0 unspecified atom stereocenters. The van der Waals surface area contributed by atoms with Crippen LogP contribution in [0.3, 0.4) is 0 Å². The molecule has 1 N–H and O–H groups in total. The first kappa shape index (κ1) is 13.7. The van der Waals surface area contributed by atoms with Gasteiger partial charge in [0.05, 0.1) is 24.1 Å². The van der Waals surface area contributed by atoms with Gasteiger partial charge >= 0.3 is 0 Å². The van der Waals surface area contributed by atoms with Crippen LogP contribution in [0.15, 0.2) is 29.6 Å². The van der Waals surface area contributed by atoms with Crippen molar-refractivity contribution in [3.8, 4) is 11.5 Å². The lowest BCUT2D eigenvalue weighted by Gasteiger charge is -2.10. The van der Waals surface area contributed by atoms with Gasteiger partial charge in [-0.3, -0.25) is 4.79 Å². The normalized spacial score (nSPS) is 10.1. The van der Waals surface area contributed by atoms with Crippen LogP contribution in [0.2, 0.25) is 5.02 Å². The molecule has 0 atom stereocenters. The van der Waals surface area contributed by atoms with Gasteiger partial charge in [-0.25, -0.2) is 0 Å². The Bertz CT molecular complexity index is 597. The molecule has 1 aromatic carbocycles. The van der Waals surface area contributed by atoms with Crippen LogP contribution in [0, 0.1) is 0 Å². The quantitative estimate of drug-likeness (QED) is 0.936. The minimum absolute atomic E-state index is 0.205. The Kier molecular flexibility index (Phi) is 4.29. The van der Waals surface area contributed by atoms with E-state index in [1.54, 1.807) is 43.9 Å². The molecule has 0 saturated carbocycles. The van der Waals surface area contributed by atoms with Gasteiger partial charge in [0.25, 0.3) is 5.91 Å². The summed E-state index contributed by atoms with van der Waals surface area (Å²) in [5.41, 5.74) is 0.632. The lowest BCUT2D eigenvalue weighted by atomic mass is 10.2. The van der Waals surface area contributed by atoms with Gasteiger partial charge in [0, 0.05) is 17.1 Å². The maximum atomic E-state index is 12.0. The number of nitrogens with one attached hydrogen (secondary N) is 1. The maximum Gasteiger partial charge on any atom is 0.265 e. The van der Waals surface area contributed by atoms with Crippen molar-refractivity contribution < 1.29 is 14.3 Å².